The van der Waals surface area contributed by atoms with Crippen molar-refractivity contribution in [3.8, 4) is 0 Å². The number of esters is 1. The van der Waals surface area contributed by atoms with E-state index in [1.165, 1.54) is 0 Å². The summed E-state index contributed by atoms with van der Waals surface area (Å²) in [5.41, 5.74) is 1.70. The summed E-state index contributed by atoms with van der Waals surface area (Å²) in [6.45, 7) is 9.07. The lowest BCUT2D eigenvalue weighted by Crippen LogP contribution is -2.43. The average Bonchev–Trinajstić information content (AvgIpc) is 2.62. The molecular formula is C19H28N2O4. The van der Waals surface area contributed by atoms with Crippen molar-refractivity contribution >= 4 is 11.9 Å². The molecule has 1 amide bonds. The highest BCUT2D eigenvalue weighted by atomic mass is 16.5. The van der Waals surface area contributed by atoms with E-state index in [1.54, 1.807) is 11.8 Å². The SMILES string of the molecule is CCOC(=O)CCN(CCN1CCOCC1)C(=O)c1cccc(C)c1. The van der Waals surface area contributed by atoms with E-state index in [9.17, 15) is 9.59 Å². The van der Waals surface area contributed by atoms with Gasteiger partial charge in [0.05, 0.1) is 26.2 Å². The Hall–Kier alpha value is -1.92. The van der Waals surface area contributed by atoms with Gasteiger partial charge in [0.1, 0.15) is 0 Å². The second-order valence-corrected chi connectivity index (χ2v) is 6.17. The smallest absolute Gasteiger partial charge is 0.307 e. The zero-order chi connectivity index (χ0) is 18.1. The first-order valence-corrected chi connectivity index (χ1v) is 8.92. The van der Waals surface area contributed by atoms with Crippen molar-refractivity contribution in [3.63, 3.8) is 0 Å². The number of carbonyl (C=O) groups excluding carboxylic acids is 2. The van der Waals surface area contributed by atoms with E-state index in [4.69, 9.17) is 9.47 Å². The zero-order valence-electron chi connectivity index (χ0n) is 15.2. The van der Waals surface area contributed by atoms with E-state index in [0.717, 1.165) is 38.4 Å². The maximum absolute atomic E-state index is 12.9. The highest BCUT2D eigenvalue weighted by molar-refractivity contribution is 5.94. The van der Waals surface area contributed by atoms with Crippen LogP contribution in [0.3, 0.4) is 0 Å². The van der Waals surface area contributed by atoms with E-state index >= 15 is 0 Å². The van der Waals surface area contributed by atoms with Gasteiger partial charge in [-0.1, -0.05) is 17.7 Å². The third-order valence-electron chi connectivity index (χ3n) is 4.23. The van der Waals surface area contributed by atoms with Crippen LogP contribution in [0.5, 0.6) is 0 Å². The second-order valence-electron chi connectivity index (χ2n) is 6.17. The summed E-state index contributed by atoms with van der Waals surface area (Å²) in [7, 11) is 0. The molecule has 138 valence electrons. The normalized spacial score (nSPS) is 15.0. The Morgan fingerprint density at radius 1 is 1.24 bits per heavy atom. The summed E-state index contributed by atoms with van der Waals surface area (Å²) in [6, 6.07) is 7.55. The Morgan fingerprint density at radius 2 is 2.00 bits per heavy atom. The van der Waals surface area contributed by atoms with Gasteiger partial charge in [0.15, 0.2) is 0 Å². The molecule has 6 heteroatoms. The number of rotatable bonds is 8. The minimum absolute atomic E-state index is 0.0405. The van der Waals surface area contributed by atoms with Gasteiger partial charge in [0.25, 0.3) is 5.91 Å². The lowest BCUT2D eigenvalue weighted by atomic mass is 10.1. The van der Waals surface area contributed by atoms with Crippen LogP contribution in [0, 0.1) is 6.92 Å². The molecule has 1 fully saturated rings. The van der Waals surface area contributed by atoms with Crippen molar-refractivity contribution in [3.05, 3.63) is 35.4 Å². The third kappa shape index (κ3) is 6.48. The Morgan fingerprint density at radius 3 is 2.68 bits per heavy atom. The molecule has 0 bridgehead atoms. The monoisotopic (exact) mass is 348 g/mol. The first-order valence-electron chi connectivity index (χ1n) is 8.92. The Bertz CT molecular complexity index is 570. The molecule has 0 atom stereocenters. The molecule has 1 aromatic rings. The van der Waals surface area contributed by atoms with Crippen molar-refractivity contribution in [2.75, 3.05) is 52.5 Å². The first kappa shape index (κ1) is 19.4. The molecule has 1 saturated heterocycles. The Kier molecular flexibility index (Phi) is 7.88. The maximum atomic E-state index is 12.9. The Labute approximate surface area is 149 Å². The number of hydrogen-bond acceptors (Lipinski definition) is 5. The predicted octanol–water partition coefficient (Wildman–Crippen LogP) is 1.72. The lowest BCUT2D eigenvalue weighted by molar-refractivity contribution is -0.143. The molecule has 0 spiro atoms. The third-order valence-corrected chi connectivity index (χ3v) is 4.23. The summed E-state index contributed by atoms with van der Waals surface area (Å²) in [5.74, 6) is -0.308. The molecule has 0 aliphatic carbocycles. The van der Waals surface area contributed by atoms with Crippen LogP contribution in [0.25, 0.3) is 0 Å². The van der Waals surface area contributed by atoms with Crippen LogP contribution in [-0.2, 0) is 14.3 Å². The van der Waals surface area contributed by atoms with E-state index < -0.39 is 0 Å². The zero-order valence-corrected chi connectivity index (χ0v) is 15.2. The predicted molar refractivity (Wildman–Crippen MR) is 95.6 cm³/mol. The summed E-state index contributed by atoms with van der Waals surface area (Å²) < 4.78 is 10.3. The van der Waals surface area contributed by atoms with Crippen LogP contribution in [0.15, 0.2) is 24.3 Å². The average molecular weight is 348 g/mol. The molecule has 1 aliphatic rings. The van der Waals surface area contributed by atoms with E-state index in [2.05, 4.69) is 4.90 Å². The summed E-state index contributed by atoms with van der Waals surface area (Å²) in [4.78, 5) is 28.6. The Balaban J connectivity index is 1.99. The lowest BCUT2D eigenvalue weighted by Gasteiger charge is -2.30. The molecule has 25 heavy (non-hydrogen) atoms. The summed E-state index contributed by atoms with van der Waals surface area (Å²) >= 11 is 0. The van der Waals surface area contributed by atoms with Crippen molar-refractivity contribution in [1.29, 1.82) is 0 Å². The number of aryl methyl sites for hydroxylation is 1. The van der Waals surface area contributed by atoms with E-state index in [-0.39, 0.29) is 18.3 Å². The van der Waals surface area contributed by atoms with E-state index in [1.807, 2.05) is 31.2 Å². The molecule has 0 aromatic heterocycles. The number of carbonyl (C=O) groups is 2. The molecular weight excluding hydrogens is 320 g/mol. The highest BCUT2D eigenvalue weighted by Crippen LogP contribution is 2.09. The number of benzene rings is 1. The van der Waals surface area contributed by atoms with Gasteiger partial charge in [-0.2, -0.15) is 0 Å². The van der Waals surface area contributed by atoms with E-state index in [0.29, 0.717) is 25.3 Å². The van der Waals surface area contributed by atoms with Gasteiger partial charge in [-0.25, -0.2) is 0 Å². The number of amides is 1. The maximum Gasteiger partial charge on any atom is 0.307 e. The fraction of sp³-hybridized carbons (Fsp3) is 0.579. The van der Waals surface area contributed by atoms with Crippen LogP contribution in [0.2, 0.25) is 0 Å². The molecule has 2 rings (SSSR count). The first-order chi connectivity index (χ1) is 12.1. The molecule has 0 saturated carbocycles. The van der Waals surface area contributed by atoms with Gasteiger partial charge in [0.2, 0.25) is 0 Å². The molecule has 1 aliphatic heterocycles. The van der Waals surface area contributed by atoms with Gasteiger partial charge in [-0.3, -0.25) is 14.5 Å². The van der Waals surface area contributed by atoms with Gasteiger partial charge < -0.3 is 14.4 Å². The minimum atomic E-state index is -0.268. The summed E-state index contributed by atoms with van der Waals surface area (Å²) in [5, 5.41) is 0. The number of morpholine rings is 1. The number of ether oxygens (including phenoxy) is 2. The van der Waals surface area contributed by atoms with Gasteiger partial charge in [-0.05, 0) is 26.0 Å². The van der Waals surface area contributed by atoms with Crippen molar-refractivity contribution in [1.82, 2.24) is 9.80 Å². The van der Waals surface area contributed by atoms with Gasteiger partial charge in [-0.15, -0.1) is 0 Å². The number of hydrogen-bond donors (Lipinski definition) is 0. The molecule has 6 nitrogen and oxygen atoms in total. The summed E-state index contributed by atoms with van der Waals surface area (Å²) in [6.07, 6.45) is 0.217. The second kappa shape index (κ2) is 10.2. The quantitative estimate of drug-likeness (QED) is 0.670. The molecule has 1 heterocycles. The fourth-order valence-corrected chi connectivity index (χ4v) is 2.82. The standard InChI is InChI=1S/C19H28N2O4/c1-3-25-18(22)7-8-21(10-9-20-11-13-24-14-12-20)19(23)17-6-4-5-16(2)15-17/h4-6,15H,3,7-14H2,1-2H3. The molecule has 0 unspecified atom stereocenters. The van der Waals surface area contributed by atoms with Crippen molar-refractivity contribution in [2.24, 2.45) is 0 Å². The highest BCUT2D eigenvalue weighted by Gasteiger charge is 2.19. The fourth-order valence-electron chi connectivity index (χ4n) is 2.82. The van der Waals surface area contributed by atoms with Crippen LogP contribution >= 0.6 is 0 Å². The minimum Gasteiger partial charge on any atom is -0.466 e. The van der Waals surface area contributed by atoms with Crippen LogP contribution < -0.4 is 0 Å². The van der Waals surface area contributed by atoms with Crippen LogP contribution in [0.4, 0.5) is 0 Å². The molecule has 0 N–H and O–H groups in total. The van der Waals surface area contributed by atoms with Crippen LogP contribution in [-0.4, -0.2) is 74.2 Å². The van der Waals surface area contributed by atoms with Crippen molar-refractivity contribution < 1.29 is 19.1 Å². The molecule has 0 radical (unpaired) electrons. The van der Waals surface area contributed by atoms with Crippen LogP contribution in [0.1, 0.15) is 29.3 Å². The van der Waals surface area contributed by atoms with Gasteiger partial charge >= 0.3 is 5.97 Å². The van der Waals surface area contributed by atoms with Gasteiger partial charge in [0, 0.05) is 38.3 Å². The topological polar surface area (TPSA) is 59.1 Å². The largest absolute Gasteiger partial charge is 0.466 e. The molecule has 1 aromatic carbocycles. The number of nitrogens with zero attached hydrogens (tertiary/aromatic N) is 2. The van der Waals surface area contributed by atoms with Crippen molar-refractivity contribution in [2.45, 2.75) is 20.3 Å².